The van der Waals surface area contributed by atoms with Gasteiger partial charge in [0.15, 0.2) is 0 Å². The fourth-order valence-electron chi connectivity index (χ4n) is 2.75. The van der Waals surface area contributed by atoms with Crippen LogP contribution < -0.4 is 15.0 Å². The van der Waals surface area contributed by atoms with Crippen molar-refractivity contribution in [1.29, 1.82) is 0 Å². The van der Waals surface area contributed by atoms with Gasteiger partial charge in [0.2, 0.25) is 0 Å². The van der Waals surface area contributed by atoms with E-state index in [1.165, 1.54) is 31.5 Å². The molecule has 100 valence electrons. The first-order valence-electron chi connectivity index (χ1n) is 6.99. The van der Waals surface area contributed by atoms with Gasteiger partial charge in [-0.2, -0.15) is 0 Å². The van der Waals surface area contributed by atoms with E-state index in [4.69, 9.17) is 4.74 Å². The Morgan fingerprint density at radius 1 is 1.22 bits per heavy atom. The summed E-state index contributed by atoms with van der Waals surface area (Å²) in [6, 6.07) is 9.81. The lowest BCUT2D eigenvalue weighted by Gasteiger charge is -2.27. The smallest absolute Gasteiger partial charge is 0.118 e. The molecular formula is C15H26N2O+2. The van der Waals surface area contributed by atoms with E-state index in [-0.39, 0.29) is 0 Å². The van der Waals surface area contributed by atoms with E-state index in [1.807, 2.05) is 0 Å². The molecule has 2 rings (SSSR count). The SMILES string of the molecule is COc1ccc([C@@H](C)[NH2+]C2CC[NH+](C)CC2)cc1. The second-order valence-corrected chi connectivity index (χ2v) is 5.55. The average molecular weight is 250 g/mol. The highest BCUT2D eigenvalue weighted by Crippen LogP contribution is 2.15. The van der Waals surface area contributed by atoms with Gasteiger partial charge in [0.25, 0.3) is 0 Å². The number of nitrogens with two attached hydrogens (primary N) is 1. The summed E-state index contributed by atoms with van der Waals surface area (Å²) in [7, 11) is 4.01. The Kier molecular flexibility index (Phi) is 4.61. The second-order valence-electron chi connectivity index (χ2n) is 5.55. The molecule has 0 bridgehead atoms. The van der Waals surface area contributed by atoms with Gasteiger partial charge in [-0.05, 0) is 31.2 Å². The lowest BCUT2D eigenvalue weighted by atomic mass is 10.0. The van der Waals surface area contributed by atoms with Crippen molar-refractivity contribution in [2.75, 3.05) is 27.2 Å². The average Bonchev–Trinajstić information content (AvgIpc) is 2.41. The quantitative estimate of drug-likeness (QED) is 0.774. The molecule has 0 aromatic heterocycles. The van der Waals surface area contributed by atoms with Crippen molar-refractivity contribution in [2.24, 2.45) is 0 Å². The summed E-state index contributed by atoms with van der Waals surface area (Å²) in [5, 5.41) is 2.54. The van der Waals surface area contributed by atoms with Crippen LogP contribution in [-0.4, -0.2) is 33.3 Å². The molecule has 0 saturated carbocycles. The lowest BCUT2D eigenvalue weighted by Crippen LogP contribution is -3.12. The number of methoxy groups -OCH3 is 1. The Bertz CT molecular complexity index is 355. The number of benzene rings is 1. The predicted octanol–water partition coefficient (Wildman–Crippen LogP) is -0.00330. The maximum atomic E-state index is 5.20. The van der Waals surface area contributed by atoms with E-state index in [1.54, 1.807) is 12.0 Å². The van der Waals surface area contributed by atoms with E-state index in [2.05, 4.69) is 43.6 Å². The Balaban J connectivity index is 1.88. The predicted molar refractivity (Wildman–Crippen MR) is 73.0 cm³/mol. The molecule has 1 aliphatic heterocycles. The molecule has 0 spiro atoms. The van der Waals surface area contributed by atoms with Gasteiger partial charge in [-0.1, -0.05) is 0 Å². The molecule has 3 nitrogen and oxygen atoms in total. The Morgan fingerprint density at radius 2 is 1.83 bits per heavy atom. The van der Waals surface area contributed by atoms with E-state index in [9.17, 15) is 0 Å². The van der Waals surface area contributed by atoms with Gasteiger partial charge in [-0.3, -0.25) is 0 Å². The van der Waals surface area contributed by atoms with Crippen LogP contribution in [0.5, 0.6) is 5.75 Å². The van der Waals surface area contributed by atoms with E-state index in [0.29, 0.717) is 6.04 Å². The molecule has 0 radical (unpaired) electrons. The molecule has 1 aliphatic rings. The highest BCUT2D eigenvalue weighted by Gasteiger charge is 2.24. The number of ether oxygens (including phenoxy) is 1. The fourth-order valence-corrected chi connectivity index (χ4v) is 2.75. The molecule has 0 amide bonds. The third-order valence-electron chi connectivity index (χ3n) is 4.09. The van der Waals surface area contributed by atoms with Crippen LogP contribution in [0.1, 0.15) is 31.4 Å². The van der Waals surface area contributed by atoms with Crippen LogP contribution in [0.25, 0.3) is 0 Å². The minimum Gasteiger partial charge on any atom is -0.497 e. The number of rotatable bonds is 4. The topological polar surface area (TPSA) is 30.3 Å². The standard InChI is InChI=1S/C15H24N2O/c1-12(13-4-6-15(18-3)7-5-13)16-14-8-10-17(2)11-9-14/h4-7,12,14,16H,8-11H2,1-3H3/p+2/t12-/m1/s1. The van der Waals surface area contributed by atoms with Crippen molar-refractivity contribution in [1.82, 2.24) is 0 Å². The summed E-state index contributed by atoms with van der Waals surface area (Å²) in [6.45, 7) is 4.93. The van der Waals surface area contributed by atoms with Crippen LogP contribution in [0.3, 0.4) is 0 Å². The number of hydrogen-bond acceptors (Lipinski definition) is 1. The number of likely N-dealkylation sites (tertiary alicyclic amines) is 1. The molecule has 3 N–H and O–H groups in total. The first-order valence-corrected chi connectivity index (χ1v) is 6.99. The lowest BCUT2D eigenvalue weighted by molar-refractivity contribution is -0.895. The van der Waals surface area contributed by atoms with Crippen LogP contribution in [0.2, 0.25) is 0 Å². The third kappa shape index (κ3) is 3.47. The van der Waals surface area contributed by atoms with E-state index < -0.39 is 0 Å². The van der Waals surface area contributed by atoms with Crippen molar-refractivity contribution in [2.45, 2.75) is 31.8 Å². The highest BCUT2D eigenvalue weighted by atomic mass is 16.5. The molecule has 0 aliphatic carbocycles. The molecule has 1 atom stereocenters. The van der Waals surface area contributed by atoms with Crippen molar-refractivity contribution in [3.8, 4) is 5.75 Å². The first kappa shape index (κ1) is 13.4. The molecule has 0 unspecified atom stereocenters. The zero-order chi connectivity index (χ0) is 13.0. The summed E-state index contributed by atoms with van der Waals surface area (Å²) >= 11 is 0. The fraction of sp³-hybridized carbons (Fsp3) is 0.600. The van der Waals surface area contributed by atoms with Crippen molar-refractivity contribution < 1.29 is 15.0 Å². The molecule has 3 heteroatoms. The van der Waals surface area contributed by atoms with Crippen molar-refractivity contribution in [3.05, 3.63) is 29.8 Å². The molecule has 1 aromatic rings. The monoisotopic (exact) mass is 250 g/mol. The molecule has 1 fully saturated rings. The van der Waals surface area contributed by atoms with Crippen LogP contribution in [0.15, 0.2) is 24.3 Å². The molecule has 1 saturated heterocycles. The van der Waals surface area contributed by atoms with Crippen LogP contribution in [-0.2, 0) is 0 Å². The molecule has 1 heterocycles. The Labute approximate surface area is 110 Å². The zero-order valence-corrected chi connectivity index (χ0v) is 11.8. The largest absolute Gasteiger partial charge is 0.497 e. The highest BCUT2D eigenvalue weighted by molar-refractivity contribution is 5.27. The summed E-state index contributed by atoms with van der Waals surface area (Å²) in [4.78, 5) is 1.68. The third-order valence-corrected chi connectivity index (χ3v) is 4.09. The molecular weight excluding hydrogens is 224 g/mol. The van der Waals surface area contributed by atoms with Gasteiger partial charge in [0, 0.05) is 18.4 Å². The van der Waals surface area contributed by atoms with Gasteiger partial charge >= 0.3 is 0 Å². The Morgan fingerprint density at radius 3 is 2.39 bits per heavy atom. The van der Waals surface area contributed by atoms with E-state index >= 15 is 0 Å². The van der Waals surface area contributed by atoms with Gasteiger partial charge in [0.05, 0.1) is 33.3 Å². The van der Waals surface area contributed by atoms with Crippen LogP contribution in [0, 0.1) is 0 Å². The maximum absolute atomic E-state index is 5.20. The number of hydrogen-bond donors (Lipinski definition) is 2. The van der Waals surface area contributed by atoms with E-state index in [0.717, 1.165) is 11.8 Å². The summed E-state index contributed by atoms with van der Waals surface area (Å²) in [5.41, 5.74) is 1.39. The summed E-state index contributed by atoms with van der Waals surface area (Å²) in [6.07, 6.45) is 2.68. The second kappa shape index (κ2) is 6.21. The molecule has 18 heavy (non-hydrogen) atoms. The van der Waals surface area contributed by atoms with Gasteiger partial charge < -0.3 is 15.0 Å². The van der Waals surface area contributed by atoms with Gasteiger partial charge in [-0.15, -0.1) is 0 Å². The number of piperidine rings is 1. The van der Waals surface area contributed by atoms with Gasteiger partial charge in [0.1, 0.15) is 11.8 Å². The maximum Gasteiger partial charge on any atom is 0.118 e. The summed E-state index contributed by atoms with van der Waals surface area (Å²) < 4.78 is 5.20. The first-order chi connectivity index (χ1) is 8.69. The molecule has 1 aromatic carbocycles. The normalized spacial score (nSPS) is 25.7. The van der Waals surface area contributed by atoms with Crippen molar-refractivity contribution >= 4 is 0 Å². The van der Waals surface area contributed by atoms with Crippen LogP contribution in [0.4, 0.5) is 0 Å². The Hall–Kier alpha value is -1.06. The van der Waals surface area contributed by atoms with Crippen LogP contribution >= 0.6 is 0 Å². The minimum absolute atomic E-state index is 0.541. The van der Waals surface area contributed by atoms with Crippen molar-refractivity contribution in [3.63, 3.8) is 0 Å². The zero-order valence-electron chi connectivity index (χ0n) is 11.8. The minimum atomic E-state index is 0.541. The van der Waals surface area contributed by atoms with Gasteiger partial charge in [-0.25, -0.2) is 0 Å². The summed E-state index contributed by atoms with van der Waals surface area (Å²) in [5.74, 6) is 0.939. The number of nitrogens with one attached hydrogen (secondary N) is 1. The number of quaternary nitrogens is 2.